The van der Waals surface area contributed by atoms with Gasteiger partial charge in [0.15, 0.2) is 5.13 Å². The average Bonchev–Trinajstić information content (AvgIpc) is 3.50. The van der Waals surface area contributed by atoms with E-state index in [9.17, 15) is 13.2 Å². The molecule has 0 radical (unpaired) electrons. The Morgan fingerprint density at radius 3 is 2.52 bits per heavy atom. The van der Waals surface area contributed by atoms with E-state index in [1.807, 2.05) is 43.7 Å². The molecule has 0 bridgehead atoms. The molecule has 0 aliphatic carbocycles. The normalized spacial score (nSPS) is 16.6. The number of carbonyl (C=O) groups excluding carboxylic acids is 1. The number of aryl methyl sites for hydroxylation is 2. The minimum absolute atomic E-state index is 0.0281. The highest BCUT2D eigenvalue weighted by Crippen LogP contribution is 2.34. The summed E-state index contributed by atoms with van der Waals surface area (Å²) in [6.07, 6.45) is 2.77. The number of amides is 1. The molecule has 0 spiro atoms. The molecule has 3 heterocycles. The van der Waals surface area contributed by atoms with Gasteiger partial charge in [0.1, 0.15) is 0 Å². The Kier molecular flexibility index (Phi) is 8.13. The number of rotatable bonds is 8. The predicted octanol–water partition coefficient (Wildman–Crippen LogP) is 6.14. The number of benzene rings is 2. The molecule has 4 aromatic rings. The summed E-state index contributed by atoms with van der Waals surface area (Å²) >= 11 is 1.49. The molecule has 10 heteroatoms. The van der Waals surface area contributed by atoms with Crippen molar-refractivity contribution in [3.05, 3.63) is 71.0 Å². The van der Waals surface area contributed by atoms with Gasteiger partial charge in [-0.25, -0.2) is 13.4 Å². The lowest BCUT2D eigenvalue weighted by molar-refractivity contribution is 0.0985. The van der Waals surface area contributed by atoms with Gasteiger partial charge in [0, 0.05) is 30.4 Å². The number of piperidine rings is 1. The molecular weight excluding hydrogens is 542 g/mol. The molecule has 8 nitrogen and oxygen atoms in total. The van der Waals surface area contributed by atoms with Crippen LogP contribution in [0.25, 0.3) is 10.2 Å². The smallest absolute Gasteiger partial charge is 0.260 e. The molecule has 1 unspecified atom stereocenters. The Morgan fingerprint density at radius 1 is 1.12 bits per heavy atom. The van der Waals surface area contributed by atoms with Gasteiger partial charge in [-0.1, -0.05) is 43.7 Å². The molecule has 2 aromatic heterocycles. The maximum Gasteiger partial charge on any atom is 0.260 e. The van der Waals surface area contributed by atoms with Crippen molar-refractivity contribution in [2.45, 2.75) is 77.3 Å². The number of aromatic nitrogens is 3. The van der Waals surface area contributed by atoms with E-state index in [2.05, 4.69) is 25.0 Å². The molecule has 1 aliphatic heterocycles. The predicted molar refractivity (Wildman–Crippen MR) is 161 cm³/mol. The number of sulfonamides is 1. The molecule has 1 saturated heterocycles. The molecule has 1 aliphatic rings. The standard InChI is InChI=1S/C30H37N5O3S2/c1-20(2)26-10-8-11-27-28(26)31-30(39-27)33(17-18-34-23(5)19-21(3)32-34)29(36)24-12-14-25(15-13-24)40(37,38)35-16-7-6-9-22(35)4/h8,10-15,19-20,22H,6-7,9,16-18H2,1-5H3. The second-order valence-corrected chi connectivity index (χ2v) is 13.8. The molecular formula is C30H37N5O3S2. The van der Waals surface area contributed by atoms with Gasteiger partial charge in [0.25, 0.3) is 5.91 Å². The number of thiazole rings is 1. The Labute approximate surface area is 240 Å². The SMILES string of the molecule is Cc1cc(C)n(CCN(C(=O)c2ccc(S(=O)(=O)N3CCCCC3C)cc2)c2nc3c(C(C)C)cccc3s2)n1. The second kappa shape index (κ2) is 11.4. The Balaban J connectivity index is 1.47. The van der Waals surface area contributed by atoms with Crippen molar-refractivity contribution < 1.29 is 13.2 Å². The molecule has 1 amide bonds. The van der Waals surface area contributed by atoms with E-state index in [1.165, 1.54) is 11.3 Å². The highest BCUT2D eigenvalue weighted by Gasteiger charge is 2.31. The fourth-order valence-electron chi connectivity index (χ4n) is 5.41. The lowest BCUT2D eigenvalue weighted by atomic mass is 10.0. The summed E-state index contributed by atoms with van der Waals surface area (Å²) in [5.41, 5.74) is 4.43. The Hall–Kier alpha value is -3.08. The van der Waals surface area contributed by atoms with Crippen molar-refractivity contribution in [1.82, 2.24) is 19.1 Å². The molecule has 0 saturated carbocycles. The zero-order valence-electron chi connectivity index (χ0n) is 23.8. The largest absolute Gasteiger partial charge is 0.282 e. The van der Waals surface area contributed by atoms with Crippen molar-refractivity contribution in [3.8, 4) is 0 Å². The van der Waals surface area contributed by atoms with Gasteiger partial charge in [-0.2, -0.15) is 9.40 Å². The van der Waals surface area contributed by atoms with Crippen LogP contribution >= 0.6 is 11.3 Å². The van der Waals surface area contributed by atoms with E-state index >= 15 is 0 Å². The summed E-state index contributed by atoms with van der Waals surface area (Å²) in [6.45, 7) is 11.6. The van der Waals surface area contributed by atoms with E-state index in [4.69, 9.17) is 4.98 Å². The van der Waals surface area contributed by atoms with E-state index in [1.54, 1.807) is 33.5 Å². The lowest BCUT2D eigenvalue weighted by Crippen LogP contribution is -2.41. The van der Waals surface area contributed by atoms with Gasteiger partial charge < -0.3 is 0 Å². The second-order valence-electron chi connectivity index (χ2n) is 10.9. The number of anilines is 1. The maximum absolute atomic E-state index is 14.0. The van der Waals surface area contributed by atoms with Gasteiger partial charge in [0.2, 0.25) is 10.0 Å². The quantitative estimate of drug-likeness (QED) is 0.250. The topological polar surface area (TPSA) is 88.4 Å². The van der Waals surface area contributed by atoms with Crippen LogP contribution in [0, 0.1) is 13.8 Å². The summed E-state index contributed by atoms with van der Waals surface area (Å²) in [6, 6.07) is 14.5. The highest BCUT2D eigenvalue weighted by atomic mass is 32.2. The maximum atomic E-state index is 14.0. The van der Waals surface area contributed by atoms with Crippen molar-refractivity contribution in [2.24, 2.45) is 0 Å². The molecule has 40 heavy (non-hydrogen) atoms. The van der Waals surface area contributed by atoms with Crippen LogP contribution in [0.3, 0.4) is 0 Å². The third kappa shape index (κ3) is 5.57. The zero-order valence-corrected chi connectivity index (χ0v) is 25.4. The summed E-state index contributed by atoms with van der Waals surface area (Å²) in [4.78, 5) is 20.8. The van der Waals surface area contributed by atoms with Crippen molar-refractivity contribution in [3.63, 3.8) is 0 Å². The van der Waals surface area contributed by atoms with Crippen LogP contribution in [-0.2, 0) is 16.6 Å². The number of hydrogen-bond acceptors (Lipinski definition) is 6. The van der Waals surface area contributed by atoms with Gasteiger partial charge in [-0.05, 0) is 81.5 Å². The fourth-order valence-corrected chi connectivity index (χ4v) is 8.13. The first-order chi connectivity index (χ1) is 19.1. The first-order valence-corrected chi connectivity index (χ1v) is 16.2. The van der Waals surface area contributed by atoms with Crippen LogP contribution in [0.4, 0.5) is 5.13 Å². The van der Waals surface area contributed by atoms with E-state index in [0.29, 0.717) is 36.2 Å². The van der Waals surface area contributed by atoms with Crippen molar-refractivity contribution >= 4 is 42.6 Å². The Bertz CT molecular complexity index is 1620. The van der Waals surface area contributed by atoms with Crippen molar-refractivity contribution in [1.29, 1.82) is 0 Å². The van der Waals surface area contributed by atoms with E-state index < -0.39 is 10.0 Å². The monoisotopic (exact) mass is 579 g/mol. The summed E-state index contributed by atoms with van der Waals surface area (Å²) < 4.78 is 31.2. The summed E-state index contributed by atoms with van der Waals surface area (Å²) in [5, 5.41) is 5.19. The third-order valence-electron chi connectivity index (χ3n) is 7.63. The van der Waals surface area contributed by atoms with Gasteiger partial charge in [0.05, 0.1) is 27.4 Å². The molecule has 1 fully saturated rings. The molecule has 5 rings (SSSR count). The number of hydrogen-bond donors (Lipinski definition) is 0. The number of fused-ring (bicyclic) bond motifs is 1. The lowest BCUT2D eigenvalue weighted by Gasteiger charge is -2.32. The number of para-hydroxylation sites is 1. The van der Waals surface area contributed by atoms with Gasteiger partial charge in [-0.3, -0.25) is 14.4 Å². The average molecular weight is 580 g/mol. The molecule has 212 valence electrons. The van der Waals surface area contributed by atoms with Crippen LogP contribution in [0.5, 0.6) is 0 Å². The minimum atomic E-state index is -3.62. The van der Waals surface area contributed by atoms with Crippen LogP contribution in [0.2, 0.25) is 0 Å². The van der Waals surface area contributed by atoms with Crippen LogP contribution in [0.15, 0.2) is 53.4 Å². The fraction of sp³-hybridized carbons (Fsp3) is 0.433. The highest BCUT2D eigenvalue weighted by molar-refractivity contribution is 7.89. The molecule has 1 atom stereocenters. The van der Waals surface area contributed by atoms with Crippen molar-refractivity contribution in [2.75, 3.05) is 18.0 Å². The van der Waals surface area contributed by atoms with Gasteiger partial charge in [-0.15, -0.1) is 0 Å². The Morgan fingerprint density at radius 2 is 1.88 bits per heavy atom. The minimum Gasteiger partial charge on any atom is -0.282 e. The van der Waals surface area contributed by atoms with Crippen LogP contribution in [0.1, 0.15) is 73.3 Å². The van der Waals surface area contributed by atoms with E-state index in [-0.39, 0.29) is 16.8 Å². The summed E-state index contributed by atoms with van der Waals surface area (Å²) in [5.74, 6) is 0.0802. The van der Waals surface area contributed by atoms with Crippen LogP contribution < -0.4 is 4.90 Å². The third-order valence-corrected chi connectivity index (χ3v) is 10.7. The van der Waals surface area contributed by atoms with Crippen LogP contribution in [-0.4, -0.2) is 52.5 Å². The molecule has 0 N–H and O–H groups in total. The first-order valence-electron chi connectivity index (χ1n) is 13.9. The summed E-state index contributed by atoms with van der Waals surface area (Å²) in [7, 11) is -3.62. The zero-order chi connectivity index (χ0) is 28.6. The number of nitrogens with zero attached hydrogens (tertiary/aromatic N) is 5. The van der Waals surface area contributed by atoms with E-state index in [0.717, 1.165) is 46.4 Å². The first kappa shape index (κ1) is 28.4. The molecule has 2 aromatic carbocycles. The van der Waals surface area contributed by atoms with Gasteiger partial charge >= 0.3 is 0 Å². The number of carbonyl (C=O) groups is 1.